The van der Waals surface area contributed by atoms with Crippen LogP contribution in [0.15, 0.2) is 96.1 Å². The highest BCUT2D eigenvalue weighted by molar-refractivity contribution is 6.12. The van der Waals surface area contributed by atoms with Crippen LogP contribution in [0.3, 0.4) is 0 Å². The number of esters is 1. The summed E-state index contributed by atoms with van der Waals surface area (Å²) in [5.74, 6) is -0.912. The van der Waals surface area contributed by atoms with E-state index in [4.69, 9.17) is 9.47 Å². The van der Waals surface area contributed by atoms with Gasteiger partial charge in [0.2, 0.25) is 0 Å². The summed E-state index contributed by atoms with van der Waals surface area (Å²) < 4.78 is 12.3. The summed E-state index contributed by atoms with van der Waals surface area (Å²) >= 11 is 0. The summed E-state index contributed by atoms with van der Waals surface area (Å²) in [6, 6.07) is 23.8. The van der Waals surface area contributed by atoms with Crippen molar-refractivity contribution in [1.82, 2.24) is 4.90 Å². The van der Waals surface area contributed by atoms with E-state index in [9.17, 15) is 9.59 Å². The molecule has 0 spiro atoms. The number of rotatable bonds is 10. The van der Waals surface area contributed by atoms with Gasteiger partial charge in [0.05, 0.1) is 23.8 Å². The van der Waals surface area contributed by atoms with Gasteiger partial charge in [0, 0.05) is 17.9 Å². The van der Waals surface area contributed by atoms with Gasteiger partial charge in [-0.2, -0.15) is 0 Å². The van der Waals surface area contributed by atoms with E-state index in [1.807, 2.05) is 74.5 Å². The lowest BCUT2D eigenvalue weighted by Gasteiger charge is -2.36. The molecule has 0 radical (unpaired) electrons. The molecule has 0 saturated carbocycles. The normalized spacial score (nSPS) is 21.8. The van der Waals surface area contributed by atoms with E-state index < -0.39 is 23.7 Å². The Hall–Kier alpha value is -4.20. The number of carbonyl (C=O) groups excluding carboxylic acids is 2. The molecule has 6 rings (SSSR count). The Kier molecular flexibility index (Phi) is 8.69. The van der Waals surface area contributed by atoms with Crippen molar-refractivity contribution in [3.05, 3.63) is 118 Å². The molecule has 3 atom stereocenters. The van der Waals surface area contributed by atoms with E-state index >= 15 is 0 Å². The maximum absolute atomic E-state index is 14.0. The number of likely N-dealkylation sites (tertiary alicyclic amines) is 1. The van der Waals surface area contributed by atoms with Gasteiger partial charge in [-0.1, -0.05) is 73.2 Å². The summed E-state index contributed by atoms with van der Waals surface area (Å²) in [6.45, 7) is 9.03. The topological polar surface area (TPSA) is 79.9 Å². The Morgan fingerprint density at radius 2 is 1.66 bits per heavy atom. The lowest BCUT2D eigenvalue weighted by molar-refractivity contribution is -0.140. The summed E-state index contributed by atoms with van der Waals surface area (Å²) in [6.07, 6.45) is 6.92. The van der Waals surface area contributed by atoms with Gasteiger partial charge in [-0.15, -0.1) is 0 Å². The molecule has 2 bridgehead atoms. The third-order valence-corrected chi connectivity index (χ3v) is 8.91. The predicted octanol–water partition coefficient (Wildman–Crippen LogP) is 6.65. The summed E-state index contributed by atoms with van der Waals surface area (Å²) in [5, 5.41) is 6.73. The fraction of sp³-hybridized carbons (Fsp3) is 0.351. The number of piperidine rings is 1. The second-order valence-corrected chi connectivity index (χ2v) is 11.9. The van der Waals surface area contributed by atoms with E-state index in [2.05, 4.69) is 39.8 Å². The Balaban J connectivity index is 1.40. The zero-order chi connectivity index (χ0) is 30.7. The maximum Gasteiger partial charge on any atom is 0.337 e. The third-order valence-electron chi connectivity index (χ3n) is 8.91. The van der Waals surface area contributed by atoms with E-state index in [0.717, 1.165) is 47.7 Å². The molecule has 0 aromatic heterocycles. The summed E-state index contributed by atoms with van der Waals surface area (Å²) in [4.78, 5) is 30.3. The number of carbonyl (C=O) groups is 2. The average Bonchev–Trinajstić information content (AvgIpc) is 3.62. The van der Waals surface area contributed by atoms with Crippen molar-refractivity contribution < 1.29 is 19.1 Å². The number of hydrogen-bond acceptors (Lipinski definition) is 6. The van der Waals surface area contributed by atoms with Crippen LogP contribution in [0.25, 0.3) is 0 Å². The van der Waals surface area contributed by atoms with Gasteiger partial charge in [-0.3, -0.25) is 9.69 Å². The summed E-state index contributed by atoms with van der Waals surface area (Å²) in [5.41, 5.74) is 4.95. The van der Waals surface area contributed by atoms with Crippen LogP contribution in [0, 0.1) is 13.8 Å². The molecule has 1 saturated heterocycles. The monoisotopic (exact) mass is 591 g/mol. The maximum atomic E-state index is 14.0. The molecule has 7 heteroatoms. The van der Waals surface area contributed by atoms with Gasteiger partial charge >= 0.3 is 5.97 Å². The van der Waals surface area contributed by atoms with Crippen molar-refractivity contribution in [3.8, 4) is 0 Å². The molecular weight excluding hydrogens is 550 g/mol. The Morgan fingerprint density at radius 3 is 2.34 bits per heavy atom. The van der Waals surface area contributed by atoms with Crippen molar-refractivity contribution >= 4 is 23.3 Å². The van der Waals surface area contributed by atoms with E-state index in [1.54, 1.807) is 6.92 Å². The molecule has 44 heavy (non-hydrogen) atoms. The predicted molar refractivity (Wildman–Crippen MR) is 173 cm³/mol. The average molecular weight is 592 g/mol. The van der Waals surface area contributed by atoms with E-state index in [-0.39, 0.29) is 23.7 Å². The smallest absolute Gasteiger partial charge is 0.337 e. The molecule has 2 N–H and O–H groups in total. The molecule has 3 aromatic rings. The zero-order valence-corrected chi connectivity index (χ0v) is 25.8. The first kappa shape index (κ1) is 29.9. The SMILES string of the molecule is CCOC(=O)C1=C(C(=O)Nc2c(C)cccc2C)[C@H]2C=C[C@]1([C@@H](Nc1ccccc1)c1ccc(CN3CCCCC3)cc1)O2. The number of fused-ring (bicyclic) bond motifs is 2. The minimum absolute atomic E-state index is 0.181. The number of benzene rings is 3. The van der Waals surface area contributed by atoms with Crippen LogP contribution in [0.1, 0.15) is 54.5 Å². The molecule has 3 heterocycles. The fourth-order valence-electron chi connectivity index (χ4n) is 6.72. The van der Waals surface area contributed by atoms with Gasteiger partial charge in [0.1, 0.15) is 11.7 Å². The number of ether oxygens (including phenoxy) is 2. The van der Waals surface area contributed by atoms with Crippen LogP contribution in [0.4, 0.5) is 11.4 Å². The molecule has 228 valence electrons. The van der Waals surface area contributed by atoms with Crippen LogP contribution in [0.2, 0.25) is 0 Å². The highest BCUT2D eigenvalue weighted by Gasteiger charge is 2.58. The molecule has 3 aliphatic rings. The third kappa shape index (κ3) is 5.82. The van der Waals surface area contributed by atoms with Crippen LogP contribution >= 0.6 is 0 Å². The Bertz CT molecular complexity index is 1550. The Labute approximate surface area is 259 Å². The van der Waals surface area contributed by atoms with E-state index in [0.29, 0.717) is 0 Å². The van der Waals surface area contributed by atoms with Crippen molar-refractivity contribution in [3.63, 3.8) is 0 Å². The van der Waals surface area contributed by atoms with Crippen LogP contribution in [0.5, 0.6) is 0 Å². The van der Waals surface area contributed by atoms with Gasteiger partial charge in [-0.25, -0.2) is 4.79 Å². The van der Waals surface area contributed by atoms with Crippen LogP contribution in [-0.2, 0) is 25.6 Å². The first-order chi connectivity index (χ1) is 21.4. The summed E-state index contributed by atoms with van der Waals surface area (Å²) in [7, 11) is 0. The van der Waals surface area contributed by atoms with Crippen LogP contribution < -0.4 is 10.6 Å². The number of para-hydroxylation sites is 2. The second kappa shape index (κ2) is 12.8. The molecule has 0 aliphatic carbocycles. The van der Waals surface area contributed by atoms with Gasteiger partial charge in [0.15, 0.2) is 0 Å². The van der Waals surface area contributed by atoms with Gasteiger partial charge in [-0.05, 0) is 87.2 Å². The first-order valence-corrected chi connectivity index (χ1v) is 15.7. The van der Waals surface area contributed by atoms with Crippen molar-refractivity contribution in [1.29, 1.82) is 0 Å². The van der Waals surface area contributed by atoms with E-state index in [1.165, 1.54) is 24.8 Å². The largest absolute Gasteiger partial charge is 0.463 e. The van der Waals surface area contributed by atoms with Gasteiger partial charge in [0.25, 0.3) is 5.91 Å². The van der Waals surface area contributed by atoms with Crippen molar-refractivity contribution in [2.24, 2.45) is 0 Å². The fourth-order valence-corrected chi connectivity index (χ4v) is 6.72. The number of anilines is 2. The minimum atomic E-state index is -1.26. The number of nitrogens with zero attached hydrogens (tertiary/aromatic N) is 1. The second-order valence-electron chi connectivity index (χ2n) is 11.9. The highest BCUT2D eigenvalue weighted by atomic mass is 16.5. The minimum Gasteiger partial charge on any atom is -0.463 e. The van der Waals surface area contributed by atoms with Crippen molar-refractivity contribution in [2.45, 2.75) is 64.3 Å². The Morgan fingerprint density at radius 1 is 0.955 bits per heavy atom. The number of hydrogen-bond donors (Lipinski definition) is 2. The lowest BCUT2D eigenvalue weighted by Crippen LogP contribution is -2.42. The van der Waals surface area contributed by atoms with Crippen molar-refractivity contribution in [2.75, 3.05) is 30.3 Å². The zero-order valence-electron chi connectivity index (χ0n) is 25.8. The van der Waals surface area contributed by atoms with Gasteiger partial charge < -0.3 is 20.1 Å². The highest BCUT2D eigenvalue weighted by Crippen LogP contribution is 2.51. The molecule has 0 unspecified atom stereocenters. The number of aryl methyl sites for hydroxylation is 2. The number of amides is 1. The first-order valence-electron chi connectivity index (χ1n) is 15.7. The quantitative estimate of drug-likeness (QED) is 0.203. The molecule has 7 nitrogen and oxygen atoms in total. The molecule has 3 aromatic carbocycles. The molecule has 3 aliphatic heterocycles. The lowest BCUT2D eigenvalue weighted by atomic mass is 9.78. The molecule has 1 amide bonds. The standard InChI is InChI=1S/C37H41N3O4/c1-4-43-36(42)32-31(35(41)39-33-25(2)12-11-13-26(33)3)30-20-21-37(32,44-30)34(38-29-14-7-5-8-15-29)28-18-16-27(17-19-28)24-40-22-9-6-10-23-40/h5,7-8,11-21,30,34,38H,4,6,9-10,22-24H2,1-3H3,(H,39,41)/t30-,34+,37+/m1/s1. The molecular formula is C37H41N3O4. The number of nitrogens with one attached hydrogen (secondary N) is 2. The molecule has 1 fully saturated rings. The van der Waals surface area contributed by atoms with Crippen LogP contribution in [-0.4, -0.2) is 48.2 Å².